The highest BCUT2D eigenvalue weighted by Gasteiger charge is 2.22. The standard InChI is InChI=1S/C11H11ClF3NO2/c1-2-18-9(17)4-8-10(11(14)15)7(13)3-6(5-12)16-8/h3,11H,2,4-5H2,1H3. The number of pyridine rings is 1. The molecule has 0 aromatic carbocycles. The molecule has 1 aromatic heterocycles. The Labute approximate surface area is 107 Å². The minimum atomic E-state index is -3.05. The lowest BCUT2D eigenvalue weighted by Crippen LogP contribution is -2.13. The number of hydrogen-bond acceptors (Lipinski definition) is 3. The number of esters is 1. The summed E-state index contributed by atoms with van der Waals surface area (Å²) in [5.41, 5.74) is -1.12. The van der Waals surface area contributed by atoms with Crippen molar-refractivity contribution in [2.45, 2.75) is 25.7 Å². The monoisotopic (exact) mass is 281 g/mol. The second-order valence-corrected chi connectivity index (χ2v) is 3.64. The fraction of sp³-hybridized carbons (Fsp3) is 0.455. The molecule has 3 nitrogen and oxygen atoms in total. The molecule has 0 saturated carbocycles. The first-order chi connectivity index (χ1) is 8.49. The Bertz CT molecular complexity index is 441. The van der Waals surface area contributed by atoms with Crippen LogP contribution < -0.4 is 0 Å². The fourth-order valence-electron chi connectivity index (χ4n) is 1.41. The molecule has 0 unspecified atom stereocenters. The summed E-state index contributed by atoms with van der Waals surface area (Å²) in [5, 5.41) is 0. The van der Waals surface area contributed by atoms with Crippen LogP contribution in [0.4, 0.5) is 13.2 Å². The number of carbonyl (C=O) groups is 1. The first-order valence-electron chi connectivity index (χ1n) is 5.17. The molecule has 0 bridgehead atoms. The van der Waals surface area contributed by atoms with Crippen molar-refractivity contribution in [2.75, 3.05) is 6.61 Å². The van der Waals surface area contributed by atoms with E-state index in [-0.39, 0.29) is 23.9 Å². The van der Waals surface area contributed by atoms with E-state index in [0.717, 1.165) is 6.07 Å². The zero-order valence-corrected chi connectivity index (χ0v) is 10.3. The Balaban J connectivity index is 3.13. The van der Waals surface area contributed by atoms with Gasteiger partial charge in [-0.2, -0.15) is 0 Å². The molecule has 0 saturated heterocycles. The third-order valence-electron chi connectivity index (χ3n) is 2.11. The molecule has 0 aliphatic rings. The van der Waals surface area contributed by atoms with E-state index in [1.54, 1.807) is 6.92 Å². The van der Waals surface area contributed by atoms with Crippen LogP contribution in [0.15, 0.2) is 6.07 Å². The van der Waals surface area contributed by atoms with E-state index < -0.39 is 30.2 Å². The lowest BCUT2D eigenvalue weighted by molar-refractivity contribution is -0.142. The third kappa shape index (κ3) is 3.60. The highest BCUT2D eigenvalue weighted by molar-refractivity contribution is 6.16. The van der Waals surface area contributed by atoms with Crippen LogP contribution in [-0.4, -0.2) is 17.6 Å². The Hall–Kier alpha value is -1.30. The van der Waals surface area contributed by atoms with Gasteiger partial charge in [-0.1, -0.05) is 0 Å². The highest BCUT2D eigenvalue weighted by Crippen LogP contribution is 2.26. The molecule has 1 rings (SSSR count). The van der Waals surface area contributed by atoms with Crippen molar-refractivity contribution in [2.24, 2.45) is 0 Å². The van der Waals surface area contributed by atoms with Gasteiger partial charge in [-0.25, -0.2) is 13.2 Å². The fourth-order valence-corrected chi connectivity index (χ4v) is 1.55. The van der Waals surface area contributed by atoms with E-state index in [1.807, 2.05) is 0 Å². The van der Waals surface area contributed by atoms with Gasteiger partial charge in [-0.15, -0.1) is 11.6 Å². The van der Waals surface area contributed by atoms with Crippen LogP contribution in [-0.2, 0) is 21.8 Å². The van der Waals surface area contributed by atoms with Crippen LogP contribution in [0.25, 0.3) is 0 Å². The Kier molecular flexibility index (Phi) is 5.40. The number of ether oxygens (including phenoxy) is 1. The molecule has 0 fully saturated rings. The van der Waals surface area contributed by atoms with Gasteiger partial charge in [0.15, 0.2) is 0 Å². The number of nitrogens with zero attached hydrogens (tertiary/aromatic N) is 1. The summed E-state index contributed by atoms with van der Waals surface area (Å²) in [6, 6.07) is 0.836. The smallest absolute Gasteiger partial charge is 0.311 e. The van der Waals surface area contributed by atoms with Gasteiger partial charge in [0, 0.05) is 0 Å². The van der Waals surface area contributed by atoms with E-state index >= 15 is 0 Å². The molecule has 0 aliphatic heterocycles. The number of hydrogen-bond donors (Lipinski definition) is 0. The number of alkyl halides is 3. The molecule has 1 heterocycles. The van der Waals surface area contributed by atoms with Crippen LogP contribution in [0.2, 0.25) is 0 Å². The summed E-state index contributed by atoms with van der Waals surface area (Å²) >= 11 is 5.47. The first kappa shape index (κ1) is 14.8. The molecule has 1 aromatic rings. The largest absolute Gasteiger partial charge is 0.466 e. The topological polar surface area (TPSA) is 39.2 Å². The average molecular weight is 282 g/mol. The molecule has 18 heavy (non-hydrogen) atoms. The van der Waals surface area contributed by atoms with E-state index in [4.69, 9.17) is 11.6 Å². The molecule has 0 amide bonds. The average Bonchev–Trinajstić information content (AvgIpc) is 2.27. The normalized spacial score (nSPS) is 10.8. The number of carbonyl (C=O) groups excluding carboxylic acids is 1. The van der Waals surface area contributed by atoms with Crippen LogP contribution in [0.3, 0.4) is 0 Å². The van der Waals surface area contributed by atoms with Crippen LogP contribution in [0.5, 0.6) is 0 Å². The van der Waals surface area contributed by atoms with Gasteiger partial charge < -0.3 is 4.74 Å². The van der Waals surface area contributed by atoms with Crippen molar-refractivity contribution in [3.05, 3.63) is 28.8 Å². The minimum absolute atomic E-state index is 0.0952. The summed E-state index contributed by atoms with van der Waals surface area (Å²) in [4.78, 5) is 15.0. The molecule has 0 aliphatic carbocycles. The Morgan fingerprint density at radius 1 is 1.56 bits per heavy atom. The third-order valence-corrected chi connectivity index (χ3v) is 2.39. The van der Waals surface area contributed by atoms with E-state index in [0.29, 0.717) is 0 Å². The maximum absolute atomic E-state index is 13.5. The quantitative estimate of drug-likeness (QED) is 0.615. The van der Waals surface area contributed by atoms with Crippen molar-refractivity contribution >= 4 is 17.6 Å². The number of halogens is 4. The zero-order chi connectivity index (χ0) is 13.7. The van der Waals surface area contributed by atoms with Crippen molar-refractivity contribution in [3.63, 3.8) is 0 Å². The molecule has 0 N–H and O–H groups in total. The lowest BCUT2D eigenvalue weighted by Gasteiger charge is -2.10. The summed E-state index contributed by atoms with van der Waals surface area (Å²) in [6.45, 7) is 1.69. The van der Waals surface area contributed by atoms with E-state index in [1.165, 1.54) is 0 Å². The molecule has 0 radical (unpaired) electrons. The Morgan fingerprint density at radius 3 is 2.72 bits per heavy atom. The molecule has 7 heteroatoms. The summed E-state index contributed by atoms with van der Waals surface area (Å²) in [5.74, 6) is -1.98. The second-order valence-electron chi connectivity index (χ2n) is 3.37. The summed E-state index contributed by atoms with van der Waals surface area (Å²) in [7, 11) is 0. The summed E-state index contributed by atoms with van der Waals surface area (Å²) in [6.07, 6.45) is -3.55. The van der Waals surface area contributed by atoms with Gasteiger partial charge in [-0.05, 0) is 13.0 Å². The molecule has 0 spiro atoms. The van der Waals surface area contributed by atoms with Crippen LogP contribution in [0.1, 0.15) is 30.3 Å². The van der Waals surface area contributed by atoms with Gasteiger partial charge in [0.2, 0.25) is 0 Å². The second kappa shape index (κ2) is 6.58. The predicted molar refractivity (Wildman–Crippen MR) is 59.0 cm³/mol. The highest BCUT2D eigenvalue weighted by atomic mass is 35.5. The first-order valence-corrected chi connectivity index (χ1v) is 5.71. The van der Waals surface area contributed by atoms with E-state index in [2.05, 4.69) is 9.72 Å². The molecular weight excluding hydrogens is 271 g/mol. The maximum atomic E-state index is 13.5. The predicted octanol–water partition coefficient (Wildman–Crippen LogP) is 3.00. The van der Waals surface area contributed by atoms with Crippen molar-refractivity contribution in [1.29, 1.82) is 0 Å². The van der Waals surface area contributed by atoms with Gasteiger partial charge in [0.05, 0.1) is 35.9 Å². The lowest BCUT2D eigenvalue weighted by atomic mass is 10.1. The molecular formula is C11H11ClF3NO2. The van der Waals surface area contributed by atoms with Crippen molar-refractivity contribution in [1.82, 2.24) is 4.98 Å². The maximum Gasteiger partial charge on any atom is 0.311 e. The zero-order valence-electron chi connectivity index (χ0n) is 9.55. The SMILES string of the molecule is CCOC(=O)Cc1nc(CCl)cc(F)c1C(F)F. The van der Waals surface area contributed by atoms with Crippen LogP contribution >= 0.6 is 11.6 Å². The minimum Gasteiger partial charge on any atom is -0.466 e. The van der Waals surface area contributed by atoms with Gasteiger partial charge in [0.25, 0.3) is 6.43 Å². The Morgan fingerprint density at radius 2 is 2.22 bits per heavy atom. The van der Waals surface area contributed by atoms with Crippen LogP contribution in [0, 0.1) is 5.82 Å². The van der Waals surface area contributed by atoms with E-state index in [9.17, 15) is 18.0 Å². The molecule has 0 atom stereocenters. The number of rotatable bonds is 5. The van der Waals surface area contributed by atoms with Gasteiger partial charge in [-0.3, -0.25) is 9.78 Å². The molecule has 100 valence electrons. The van der Waals surface area contributed by atoms with Crippen molar-refractivity contribution in [3.8, 4) is 0 Å². The van der Waals surface area contributed by atoms with Gasteiger partial charge in [0.1, 0.15) is 5.82 Å². The van der Waals surface area contributed by atoms with Crippen molar-refractivity contribution < 1.29 is 22.7 Å². The van der Waals surface area contributed by atoms with Gasteiger partial charge >= 0.3 is 5.97 Å². The summed E-state index contributed by atoms with van der Waals surface area (Å²) < 4.78 is 43.5. The number of aromatic nitrogens is 1.